The van der Waals surface area contributed by atoms with Gasteiger partial charge in [0.25, 0.3) is 5.69 Å². The standard InChI is InChI=1S/C9H6N4O4/c14-8-10-7(11-9(15)12-8)5-2-1-3-6(4-5)13(16)17/h1-4H,(H2,10,11,12,14,15). The van der Waals surface area contributed by atoms with Crippen LogP contribution in [0.2, 0.25) is 0 Å². The molecule has 0 aliphatic heterocycles. The molecule has 2 N–H and O–H groups in total. The van der Waals surface area contributed by atoms with Gasteiger partial charge in [0.2, 0.25) is 0 Å². The first kappa shape index (κ1) is 10.7. The Morgan fingerprint density at radius 1 is 1.24 bits per heavy atom. The van der Waals surface area contributed by atoms with E-state index >= 15 is 0 Å². The largest absolute Gasteiger partial charge is 0.351 e. The quantitative estimate of drug-likeness (QED) is 0.560. The SMILES string of the molecule is O=c1nc(-c2cccc([N+](=O)[O-])c2)[nH]c(=O)[nH]1. The Balaban J connectivity index is 2.60. The summed E-state index contributed by atoms with van der Waals surface area (Å²) in [5.74, 6) is -0.0116. The zero-order valence-electron chi connectivity index (χ0n) is 8.34. The van der Waals surface area contributed by atoms with Crippen molar-refractivity contribution >= 4 is 5.69 Å². The van der Waals surface area contributed by atoms with E-state index in [1.807, 2.05) is 4.98 Å². The molecular formula is C9H6N4O4. The molecule has 2 aromatic rings. The minimum atomic E-state index is -0.810. The first-order valence-electron chi connectivity index (χ1n) is 4.52. The number of aromatic amines is 2. The maximum absolute atomic E-state index is 11.0. The van der Waals surface area contributed by atoms with Crippen LogP contribution in [0.5, 0.6) is 0 Å². The van der Waals surface area contributed by atoms with Gasteiger partial charge in [-0.3, -0.25) is 20.1 Å². The predicted octanol–water partition coefficient (Wildman–Crippen LogP) is 0.0334. The Bertz CT molecular complexity index is 659. The second-order valence-electron chi connectivity index (χ2n) is 3.15. The van der Waals surface area contributed by atoms with Crippen LogP contribution >= 0.6 is 0 Å². The highest BCUT2D eigenvalue weighted by Gasteiger charge is 2.09. The summed E-state index contributed by atoms with van der Waals surface area (Å²) >= 11 is 0. The van der Waals surface area contributed by atoms with Crippen LogP contribution in [0.25, 0.3) is 11.4 Å². The van der Waals surface area contributed by atoms with Crippen LogP contribution in [-0.4, -0.2) is 19.9 Å². The molecule has 0 atom stereocenters. The molecule has 1 aromatic heterocycles. The molecule has 1 heterocycles. The molecule has 8 heteroatoms. The smallest absolute Gasteiger partial charge is 0.291 e. The number of aromatic nitrogens is 3. The summed E-state index contributed by atoms with van der Waals surface area (Å²) in [7, 11) is 0. The highest BCUT2D eigenvalue weighted by Crippen LogP contribution is 2.18. The second kappa shape index (κ2) is 4.00. The first-order chi connectivity index (χ1) is 8.06. The summed E-state index contributed by atoms with van der Waals surface area (Å²) in [6.45, 7) is 0. The Labute approximate surface area is 93.1 Å². The maximum atomic E-state index is 11.0. The Morgan fingerprint density at radius 2 is 2.00 bits per heavy atom. The third-order valence-electron chi connectivity index (χ3n) is 2.00. The van der Waals surface area contributed by atoms with E-state index in [1.54, 1.807) is 0 Å². The van der Waals surface area contributed by atoms with Crippen LogP contribution in [-0.2, 0) is 0 Å². The summed E-state index contributed by atoms with van der Waals surface area (Å²) in [6, 6.07) is 5.46. The fraction of sp³-hybridized carbons (Fsp3) is 0. The van der Waals surface area contributed by atoms with Crippen LogP contribution in [0.4, 0.5) is 5.69 Å². The van der Waals surface area contributed by atoms with Crippen LogP contribution in [0, 0.1) is 10.1 Å². The summed E-state index contributed by atoms with van der Waals surface area (Å²) in [5, 5.41) is 10.6. The molecule has 0 aliphatic rings. The van der Waals surface area contributed by atoms with Gasteiger partial charge >= 0.3 is 11.4 Å². The van der Waals surface area contributed by atoms with Crippen molar-refractivity contribution in [2.75, 3.05) is 0 Å². The molecule has 2 rings (SSSR count). The average molecular weight is 234 g/mol. The van der Waals surface area contributed by atoms with Gasteiger partial charge in [0, 0.05) is 17.7 Å². The fourth-order valence-corrected chi connectivity index (χ4v) is 1.30. The van der Waals surface area contributed by atoms with E-state index in [0.29, 0.717) is 5.56 Å². The number of H-pyrrole nitrogens is 2. The molecular weight excluding hydrogens is 228 g/mol. The van der Waals surface area contributed by atoms with E-state index in [9.17, 15) is 19.7 Å². The van der Waals surface area contributed by atoms with Gasteiger partial charge in [-0.2, -0.15) is 4.98 Å². The zero-order valence-corrected chi connectivity index (χ0v) is 8.34. The van der Waals surface area contributed by atoms with E-state index in [4.69, 9.17) is 0 Å². The van der Waals surface area contributed by atoms with E-state index < -0.39 is 16.3 Å². The van der Waals surface area contributed by atoms with Crippen molar-refractivity contribution in [3.63, 3.8) is 0 Å². The van der Waals surface area contributed by atoms with E-state index in [2.05, 4.69) is 9.97 Å². The number of hydrogen-bond acceptors (Lipinski definition) is 5. The van der Waals surface area contributed by atoms with Gasteiger partial charge in [-0.25, -0.2) is 9.59 Å². The van der Waals surface area contributed by atoms with Gasteiger partial charge in [0.1, 0.15) is 5.82 Å². The molecule has 0 radical (unpaired) electrons. The highest BCUT2D eigenvalue weighted by molar-refractivity contribution is 5.58. The normalized spacial score (nSPS) is 10.1. The monoisotopic (exact) mass is 234 g/mol. The number of non-ortho nitro benzene ring substituents is 1. The molecule has 17 heavy (non-hydrogen) atoms. The molecule has 8 nitrogen and oxygen atoms in total. The summed E-state index contributed by atoms with van der Waals surface area (Å²) in [4.78, 5) is 39.7. The van der Waals surface area contributed by atoms with Gasteiger partial charge in [-0.15, -0.1) is 0 Å². The van der Waals surface area contributed by atoms with E-state index in [1.165, 1.54) is 24.3 Å². The van der Waals surface area contributed by atoms with Gasteiger partial charge in [0.05, 0.1) is 4.92 Å². The van der Waals surface area contributed by atoms with E-state index in [0.717, 1.165) is 0 Å². The zero-order chi connectivity index (χ0) is 12.4. The number of benzene rings is 1. The number of nitrogens with one attached hydrogen (secondary N) is 2. The third-order valence-corrected chi connectivity index (χ3v) is 2.00. The lowest BCUT2D eigenvalue weighted by Gasteiger charge is -1.98. The van der Waals surface area contributed by atoms with Crippen LogP contribution in [0.1, 0.15) is 0 Å². The number of rotatable bonds is 2. The van der Waals surface area contributed by atoms with Gasteiger partial charge < -0.3 is 0 Å². The second-order valence-corrected chi connectivity index (χ2v) is 3.15. The van der Waals surface area contributed by atoms with Crippen LogP contribution in [0.15, 0.2) is 33.9 Å². The molecule has 0 unspecified atom stereocenters. The molecule has 0 fully saturated rings. The van der Waals surface area contributed by atoms with E-state index in [-0.39, 0.29) is 11.5 Å². The fourth-order valence-electron chi connectivity index (χ4n) is 1.30. The lowest BCUT2D eigenvalue weighted by atomic mass is 10.2. The number of hydrogen-bond donors (Lipinski definition) is 2. The Morgan fingerprint density at radius 3 is 2.65 bits per heavy atom. The molecule has 0 bridgehead atoms. The minimum Gasteiger partial charge on any atom is -0.291 e. The van der Waals surface area contributed by atoms with Crippen molar-refractivity contribution in [1.82, 2.24) is 15.0 Å². The van der Waals surface area contributed by atoms with Crippen molar-refractivity contribution < 1.29 is 4.92 Å². The summed E-state index contributed by atoms with van der Waals surface area (Å²) < 4.78 is 0. The maximum Gasteiger partial charge on any atom is 0.351 e. The van der Waals surface area contributed by atoms with Crippen molar-refractivity contribution in [2.24, 2.45) is 0 Å². The number of nitro benzene ring substituents is 1. The summed E-state index contributed by atoms with van der Waals surface area (Å²) in [6.07, 6.45) is 0. The molecule has 0 saturated carbocycles. The van der Waals surface area contributed by atoms with Gasteiger partial charge in [0.15, 0.2) is 0 Å². The molecule has 86 valence electrons. The Kier molecular flexibility index (Phi) is 2.53. The first-order valence-corrected chi connectivity index (χ1v) is 4.52. The topological polar surface area (TPSA) is 122 Å². The average Bonchev–Trinajstić information content (AvgIpc) is 2.28. The van der Waals surface area contributed by atoms with Crippen molar-refractivity contribution in [1.29, 1.82) is 0 Å². The summed E-state index contributed by atoms with van der Waals surface area (Å²) in [5.41, 5.74) is -1.38. The lowest BCUT2D eigenvalue weighted by molar-refractivity contribution is -0.384. The van der Waals surface area contributed by atoms with Crippen molar-refractivity contribution in [3.8, 4) is 11.4 Å². The molecule has 0 amide bonds. The lowest BCUT2D eigenvalue weighted by Crippen LogP contribution is -2.25. The van der Waals surface area contributed by atoms with Gasteiger partial charge in [-0.1, -0.05) is 12.1 Å². The molecule has 1 aromatic carbocycles. The van der Waals surface area contributed by atoms with Crippen LogP contribution < -0.4 is 11.4 Å². The van der Waals surface area contributed by atoms with Crippen LogP contribution in [0.3, 0.4) is 0 Å². The minimum absolute atomic E-state index is 0.0116. The highest BCUT2D eigenvalue weighted by atomic mass is 16.6. The van der Waals surface area contributed by atoms with Gasteiger partial charge in [-0.05, 0) is 0 Å². The van der Waals surface area contributed by atoms with Crippen molar-refractivity contribution in [2.45, 2.75) is 0 Å². The molecule has 0 spiro atoms. The predicted molar refractivity (Wildman–Crippen MR) is 57.6 cm³/mol. The third kappa shape index (κ3) is 2.25. The van der Waals surface area contributed by atoms with Crippen molar-refractivity contribution in [3.05, 3.63) is 55.3 Å². The number of nitrogens with zero attached hydrogens (tertiary/aromatic N) is 2. The Hall–Kier alpha value is -2.77. The molecule has 0 aliphatic carbocycles. The molecule has 0 saturated heterocycles. The number of nitro groups is 1.